The van der Waals surface area contributed by atoms with E-state index in [2.05, 4.69) is 17.9 Å². The summed E-state index contributed by atoms with van der Waals surface area (Å²) in [5, 5.41) is 0. The SMILES string of the molecule is CCCCOc1cc(N)ccc1N1CCCC1. The van der Waals surface area contributed by atoms with Crippen molar-refractivity contribution in [2.45, 2.75) is 32.6 Å². The quantitative estimate of drug-likeness (QED) is 0.628. The van der Waals surface area contributed by atoms with E-state index in [1.54, 1.807) is 0 Å². The first-order valence-corrected chi connectivity index (χ1v) is 6.58. The van der Waals surface area contributed by atoms with Gasteiger partial charge in [0.1, 0.15) is 5.75 Å². The number of benzene rings is 1. The Labute approximate surface area is 104 Å². The molecule has 0 atom stereocenters. The number of rotatable bonds is 5. The summed E-state index contributed by atoms with van der Waals surface area (Å²) in [4.78, 5) is 2.39. The van der Waals surface area contributed by atoms with Gasteiger partial charge < -0.3 is 15.4 Å². The zero-order valence-electron chi connectivity index (χ0n) is 10.6. The second-order valence-corrected chi connectivity index (χ2v) is 4.62. The molecule has 2 rings (SSSR count). The maximum absolute atomic E-state index is 5.85. The van der Waals surface area contributed by atoms with Crippen LogP contribution in [0.4, 0.5) is 11.4 Å². The van der Waals surface area contributed by atoms with Crippen LogP contribution in [-0.2, 0) is 0 Å². The fourth-order valence-corrected chi connectivity index (χ4v) is 2.19. The summed E-state index contributed by atoms with van der Waals surface area (Å²) in [6.07, 6.45) is 4.80. The molecule has 3 nitrogen and oxygen atoms in total. The monoisotopic (exact) mass is 234 g/mol. The lowest BCUT2D eigenvalue weighted by molar-refractivity contribution is 0.310. The van der Waals surface area contributed by atoms with Crippen LogP contribution in [0.15, 0.2) is 18.2 Å². The molecule has 0 saturated carbocycles. The molecular weight excluding hydrogens is 212 g/mol. The van der Waals surface area contributed by atoms with Crippen molar-refractivity contribution in [3.8, 4) is 5.75 Å². The van der Waals surface area contributed by atoms with Crippen molar-refractivity contribution in [2.24, 2.45) is 0 Å². The smallest absolute Gasteiger partial charge is 0.144 e. The Kier molecular flexibility index (Phi) is 4.13. The largest absolute Gasteiger partial charge is 0.491 e. The number of nitrogens with zero attached hydrogens (tertiary/aromatic N) is 1. The molecule has 17 heavy (non-hydrogen) atoms. The van der Waals surface area contributed by atoms with Crippen LogP contribution >= 0.6 is 0 Å². The highest BCUT2D eigenvalue weighted by molar-refractivity contribution is 5.64. The third-order valence-corrected chi connectivity index (χ3v) is 3.19. The van der Waals surface area contributed by atoms with Crippen molar-refractivity contribution in [3.63, 3.8) is 0 Å². The number of hydrogen-bond acceptors (Lipinski definition) is 3. The minimum atomic E-state index is 0.777. The van der Waals surface area contributed by atoms with Crippen LogP contribution in [0.1, 0.15) is 32.6 Å². The molecular formula is C14H22N2O. The van der Waals surface area contributed by atoms with E-state index in [1.165, 1.54) is 18.5 Å². The van der Waals surface area contributed by atoms with E-state index in [-0.39, 0.29) is 0 Å². The fraction of sp³-hybridized carbons (Fsp3) is 0.571. The summed E-state index contributed by atoms with van der Waals surface area (Å²) < 4.78 is 5.85. The van der Waals surface area contributed by atoms with Crippen molar-refractivity contribution in [2.75, 3.05) is 30.3 Å². The van der Waals surface area contributed by atoms with Gasteiger partial charge in [-0.3, -0.25) is 0 Å². The number of hydrogen-bond donors (Lipinski definition) is 1. The molecule has 1 aliphatic rings. The average Bonchev–Trinajstić information content (AvgIpc) is 2.83. The van der Waals surface area contributed by atoms with Gasteiger partial charge in [0.2, 0.25) is 0 Å². The van der Waals surface area contributed by atoms with Crippen molar-refractivity contribution < 1.29 is 4.74 Å². The molecule has 1 aromatic rings. The third kappa shape index (κ3) is 3.05. The van der Waals surface area contributed by atoms with Gasteiger partial charge in [-0.25, -0.2) is 0 Å². The van der Waals surface area contributed by atoms with Gasteiger partial charge in [-0.2, -0.15) is 0 Å². The summed E-state index contributed by atoms with van der Waals surface area (Å²) >= 11 is 0. The van der Waals surface area contributed by atoms with Crippen LogP contribution in [0.3, 0.4) is 0 Å². The molecule has 1 saturated heterocycles. The first-order chi connectivity index (χ1) is 8.31. The van der Waals surface area contributed by atoms with Crippen LogP contribution in [0.5, 0.6) is 5.75 Å². The molecule has 0 bridgehead atoms. The van der Waals surface area contributed by atoms with Gasteiger partial charge in [0.05, 0.1) is 12.3 Å². The van der Waals surface area contributed by atoms with Gasteiger partial charge in [-0.05, 0) is 31.4 Å². The highest BCUT2D eigenvalue weighted by Crippen LogP contribution is 2.32. The van der Waals surface area contributed by atoms with Crippen LogP contribution in [-0.4, -0.2) is 19.7 Å². The predicted molar refractivity (Wildman–Crippen MR) is 72.7 cm³/mol. The molecule has 0 amide bonds. The van der Waals surface area contributed by atoms with Crippen LogP contribution < -0.4 is 15.4 Å². The lowest BCUT2D eigenvalue weighted by atomic mass is 10.2. The molecule has 1 aliphatic heterocycles. The summed E-state index contributed by atoms with van der Waals surface area (Å²) in [6.45, 7) is 5.22. The fourth-order valence-electron chi connectivity index (χ4n) is 2.19. The molecule has 2 N–H and O–H groups in total. The summed E-state index contributed by atoms with van der Waals surface area (Å²) in [6, 6.07) is 5.99. The first kappa shape index (κ1) is 12.1. The van der Waals surface area contributed by atoms with E-state index >= 15 is 0 Å². The van der Waals surface area contributed by atoms with Crippen LogP contribution in [0.2, 0.25) is 0 Å². The minimum Gasteiger partial charge on any atom is -0.491 e. The third-order valence-electron chi connectivity index (χ3n) is 3.19. The number of nitrogen functional groups attached to an aromatic ring is 1. The predicted octanol–water partition coefficient (Wildman–Crippen LogP) is 3.05. The highest BCUT2D eigenvalue weighted by atomic mass is 16.5. The highest BCUT2D eigenvalue weighted by Gasteiger charge is 2.16. The zero-order valence-corrected chi connectivity index (χ0v) is 10.6. The Morgan fingerprint density at radius 2 is 2.06 bits per heavy atom. The van der Waals surface area contributed by atoms with E-state index in [4.69, 9.17) is 10.5 Å². The van der Waals surface area contributed by atoms with Gasteiger partial charge in [-0.15, -0.1) is 0 Å². The molecule has 0 aliphatic carbocycles. The Hall–Kier alpha value is -1.38. The van der Waals surface area contributed by atoms with Crippen molar-refractivity contribution >= 4 is 11.4 Å². The van der Waals surface area contributed by atoms with Crippen molar-refractivity contribution in [1.29, 1.82) is 0 Å². The van der Waals surface area contributed by atoms with E-state index in [0.717, 1.165) is 44.0 Å². The molecule has 1 heterocycles. The molecule has 3 heteroatoms. The van der Waals surface area contributed by atoms with E-state index in [9.17, 15) is 0 Å². The lowest BCUT2D eigenvalue weighted by Crippen LogP contribution is -2.18. The molecule has 1 aromatic carbocycles. The second-order valence-electron chi connectivity index (χ2n) is 4.62. The normalized spacial score (nSPS) is 15.2. The Bertz CT molecular complexity index is 359. The molecule has 0 spiro atoms. The maximum atomic E-state index is 5.85. The molecule has 0 unspecified atom stereocenters. The Morgan fingerprint density at radius 3 is 2.76 bits per heavy atom. The van der Waals surface area contributed by atoms with E-state index in [0.29, 0.717) is 0 Å². The number of anilines is 2. The van der Waals surface area contributed by atoms with Crippen LogP contribution in [0, 0.1) is 0 Å². The van der Waals surface area contributed by atoms with Gasteiger partial charge in [0, 0.05) is 24.8 Å². The van der Waals surface area contributed by atoms with Gasteiger partial charge in [0.25, 0.3) is 0 Å². The summed E-state index contributed by atoms with van der Waals surface area (Å²) in [7, 11) is 0. The minimum absolute atomic E-state index is 0.777. The maximum Gasteiger partial charge on any atom is 0.144 e. The molecule has 0 aromatic heterocycles. The van der Waals surface area contributed by atoms with Gasteiger partial charge in [-0.1, -0.05) is 13.3 Å². The summed E-state index contributed by atoms with van der Waals surface area (Å²) in [5.41, 5.74) is 7.81. The number of ether oxygens (including phenoxy) is 1. The number of nitrogens with two attached hydrogens (primary N) is 1. The zero-order chi connectivity index (χ0) is 12.1. The van der Waals surface area contributed by atoms with Crippen molar-refractivity contribution in [1.82, 2.24) is 0 Å². The molecule has 0 radical (unpaired) electrons. The average molecular weight is 234 g/mol. The van der Waals surface area contributed by atoms with Crippen LogP contribution in [0.25, 0.3) is 0 Å². The van der Waals surface area contributed by atoms with Gasteiger partial charge >= 0.3 is 0 Å². The molecule has 1 fully saturated rings. The standard InChI is InChI=1S/C14H22N2O/c1-2-3-10-17-14-11-12(15)6-7-13(14)16-8-4-5-9-16/h6-7,11H,2-5,8-10,15H2,1H3. The van der Waals surface area contributed by atoms with E-state index < -0.39 is 0 Å². The lowest BCUT2D eigenvalue weighted by Gasteiger charge is -2.21. The van der Waals surface area contributed by atoms with Crippen molar-refractivity contribution in [3.05, 3.63) is 18.2 Å². The second kappa shape index (κ2) is 5.80. The first-order valence-electron chi connectivity index (χ1n) is 6.58. The Balaban J connectivity index is 2.12. The Morgan fingerprint density at radius 1 is 1.29 bits per heavy atom. The number of unbranched alkanes of at least 4 members (excludes halogenated alkanes) is 1. The summed E-state index contributed by atoms with van der Waals surface area (Å²) in [5.74, 6) is 0.945. The van der Waals surface area contributed by atoms with Gasteiger partial charge in [0.15, 0.2) is 0 Å². The molecule has 94 valence electrons. The van der Waals surface area contributed by atoms with E-state index in [1.807, 2.05) is 12.1 Å². The topological polar surface area (TPSA) is 38.5 Å².